The number of aryl methyl sites for hydroxylation is 1. The van der Waals surface area contributed by atoms with E-state index in [2.05, 4.69) is 0 Å². The first-order valence-corrected chi connectivity index (χ1v) is 9.57. The van der Waals surface area contributed by atoms with Gasteiger partial charge in [-0.1, -0.05) is 41.4 Å². The number of carbonyl (C=O) groups is 1. The Kier molecular flexibility index (Phi) is 6.90. The monoisotopic (exact) mass is 416 g/mol. The molecule has 0 bridgehead atoms. The summed E-state index contributed by atoms with van der Waals surface area (Å²) in [5.74, 6) is -0.428. The van der Waals surface area contributed by atoms with Gasteiger partial charge in [-0.3, -0.25) is 4.79 Å². The van der Waals surface area contributed by atoms with Gasteiger partial charge in [0, 0.05) is 17.2 Å². The molecule has 0 fully saturated rings. The van der Waals surface area contributed by atoms with Crippen molar-refractivity contribution in [3.63, 3.8) is 0 Å². The number of ether oxygens (including phenoxy) is 3. The van der Waals surface area contributed by atoms with E-state index in [4.69, 9.17) is 30.2 Å². The largest absolute Gasteiger partial charge is 0.474 e. The fraction of sp³-hybridized carbons (Fsp3) is 0.273. The van der Waals surface area contributed by atoms with Crippen LogP contribution in [0.4, 0.5) is 0 Å². The topological polar surface area (TPSA) is 75.0 Å². The highest BCUT2D eigenvalue weighted by Gasteiger charge is 2.19. The SMILES string of the molecule is CCOCCOC(=O)COc1c(-c2ccc(C)cc2)oc2ccc(Cl)cc2c1=O. The predicted molar refractivity (Wildman–Crippen MR) is 111 cm³/mol. The van der Waals surface area contributed by atoms with Crippen molar-refractivity contribution in [3.05, 3.63) is 63.3 Å². The molecule has 1 heterocycles. The molecule has 0 aliphatic rings. The van der Waals surface area contributed by atoms with Gasteiger partial charge in [0.2, 0.25) is 11.2 Å². The molecule has 29 heavy (non-hydrogen) atoms. The van der Waals surface area contributed by atoms with Crippen LogP contribution in [0.1, 0.15) is 12.5 Å². The molecule has 152 valence electrons. The number of esters is 1. The highest BCUT2D eigenvalue weighted by Crippen LogP contribution is 2.31. The molecule has 0 aliphatic heterocycles. The standard InChI is InChI=1S/C22H21ClO6/c1-3-26-10-11-27-19(24)13-28-22-20(25)17-12-16(23)8-9-18(17)29-21(22)15-6-4-14(2)5-7-15/h4-9,12H,3,10-11,13H2,1-2H3. The van der Waals surface area contributed by atoms with Crippen LogP contribution in [-0.2, 0) is 14.3 Å². The predicted octanol–water partition coefficient (Wildman–Crippen LogP) is 4.38. The lowest BCUT2D eigenvalue weighted by molar-refractivity contribution is -0.147. The van der Waals surface area contributed by atoms with Gasteiger partial charge in [0.1, 0.15) is 12.2 Å². The second-order valence-electron chi connectivity index (χ2n) is 6.30. The van der Waals surface area contributed by atoms with E-state index in [9.17, 15) is 9.59 Å². The van der Waals surface area contributed by atoms with E-state index in [-0.39, 0.29) is 23.5 Å². The molecule has 2 aromatic carbocycles. The van der Waals surface area contributed by atoms with Crippen LogP contribution in [0, 0.1) is 6.92 Å². The van der Waals surface area contributed by atoms with Crippen molar-refractivity contribution in [1.29, 1.82) is 0 Å². The second-order valence-corrected chi connectivity index (χ2v) is 6.74. The van der Waals surface area contributed by atoms with Crippen molar-refractivity contribution in [1.82, 2.24) is 0 Å². The Morgan fingerprint density at radius 3 is 2.59 bits per heavy atom. The minimum Gasteiger partial charge on any atom is -0.474 e. The van der Waals surface area contributed by atoms with E-state index in [0.717, 1.165) is 5.56 Å². The summed E-state index contributed by atoms with van der Waals surface area (Å²) in [5.41, 5.74) is 1.68. The molecule has 0 atom stereocenters. The van der Waals surface area contributed by atoms with Crippen molar-refractivity contribution in [2.75, 3.05) is 26.4 Å². The first kappa shape index (κ1) is 20.9. The van der Waals surface area contributed by atoms with Gasteiger partial charge in [-0.2, -0.15) is 0 Å². The number of rotatable bonds is 8. The summed E-state index contributed by atoms with van der Waals surface area (Å²) in [5, 5.41) is 0.669. The maximum absolute atomic E-state index is 13.0. The fourth-order valence-electron chi connectivity index (χ4n) is 2.71. The second kappa shape index (κ2) is 9.58. The molecule has 6 nitrogen and oxygen atoms in total. The van der Waals surface area contributed by atoms with Crippen LogP contribution < -0.4 is 10.2 Å². The maximum Gasteiger partial charge on any atom is 0.344 e. The molecule has 0 saturated heterocycles. The molecule has 0 spiro atoms. The summed E-state index contributed by atoms with van der Waals surface area (Å²) in [4.78, 5) is 25.0. The molecule has 0 N–H and O–H groups in total. The summed E-state index contributed by atoms with van der Waals surface area (Å²) in [6, 6.07) is 12.2. The molecule has 0 unspecified atom stereocenters. The van der Waals surface area contributed by atoms with E-state index in [1.807, 2.05) is 38.1 Å². The van der Waals surface area contributed by atoms with Gasteiger partial charge < -0.3 is 18.6 Å². The minimum atomic E-state index is -0.606. The normalized spacial score (nSPS) is 10.9. The van der Waals surface area contributed by atoms with Crippen molar-refractivity contribution in [2.45, 2.75) is 13.8 Å². The number of halogens is 1. The average Bonchev–Trinajstić information content (AvgIpc) is 2.71. The highest BCUT2D eigenvalue weighted by molar-refractivity contribution is 6.31. The molecule has 0 aliphatic carbocycles. The van der Waals surface area contributed by atoms with Gasteiger partial charge >= 0.3 is 5.97 Å². The Morgan fingerprint density at radius 2 is 1.86 bits per heavy atom. The minimum absolute atomic E-state index is 0.0645. The van der Waals surface area contributed by atoms with Crippen LogP contribution in [0.25, 0.3) is 22.3 Å². The quantitative estimate of drug-likeness (QED) is 0.400. The maximum atomic E-state index is 13.0. The Balaban J connectivity index is 1.93. The summed E-state index contributed by atoms with van der Waals surface area (Å²) < 4.78 is 21.6. The zero-order valence-corrected chi connectivity index (χ0v) is 17.0. The molecular weight excluding hydrogens is 396 g/mol. The Labute approximate surface area is 172 Å². The molecule has 0 saturated carbocycles. The van der Waals surface area contributed by atoms with Gasteiger partial charge in [0.05, 0.1) is 12.0 Å². The van der Waals surface area contributed by atoms with Gasteiger partial charge in [-0.25, -0.2) is 4.79 Å². The first-order valence-electron chi connectivity index (χ1n) is 9.19. The first-order chi connectivity index (χ1) is 14.0. The van der Waals surface area contributed by atoms with Crippen molar-refractivity contribution in [3.8, 4) is 17.1 Å². The van der Waals surface area contributed by atoms with Gasteiger partial charge in [0.25, 0.3) is 0 Å². The van der Waals surface area contributed by atoms with E-state index in [1.165, 1.54) is 6.07 Å². The Bertz CT molecular complexity index is 1060. The van der Waals surface area contributed by atoms with Gasteiger partial charge in [-0.05, 0) is 32.0 Å². The molecule has 3 aromatic rings. The van der Waals surface area contributed by atoms with Crippen LogP contribution >= 0.6 is 11.6 Å². The molecular formula is C22H21ClO6. The summed E-state index contributed by atoms with van der Waals surface area (Å²) >= 11 is 6.02. The van der Waals surface area contributed by atoms with Crippen molar-refractivity contribution >= 4 is 28.5 Å². The summed E-state index contributed by atoms with van der Waals surface area (Å²) in [6.45, 7) is 4.33. The molecule has 1 aromatic heterocycles. The molecule has 7 heteroatoms. The Morgan fingerprint density at radius 1 is 1.10 bits per heavy atom. The third kappa shape index (κ3) is 5.16. The average molecular weight is 417 g/mol. The van der Waals surface area contributed by atoms with Crippen molar-refractivity contribution < 1.29 is 23.4 Å². The van der Waals surface area contributed by atoms with Gasteiger partial charge in [0.15, 0.2) is 12.4 Å². The molecule has 3 rings (SSSR count). The number of fused-ring (bicyclic) bond motifs is 1. The van der Waals surface area contributed by atoms with Crippen LogP contribution in [0.3, 0.4) is 0 Å². The zero-order valence-electron chi connectivity index (χ0n) is 16.2. The lowest BCUT2D eigenvalue weighted by atomic mass is 10.1. The lowest BCUT2D eigenvalue weighted by Gasteiger charge is -2.12. The smallest absolute Gasteiger partial charge is 0.344 e. The number of hydrogen-bond acceptors (Lipinski definition) is 6. The third-order valence-electron chi connectivity index (χ3n) is 4.15. The van der Waals surface area contributed by atoms with Crippen LogP contribution in [-0.4, -0.2) is 32.4 Å². The summed E-state index contributed by atoms with van der Waals surface area (Å²) in [6.07, 6.45) is 0. The van der Waals surface area contributed by atoms with E-state index in [0.29, 0.717) is 29.4 Å². The van der Waals surface area contributed by atoms with E-state index >= 15 is 0 Å². The van der Waals surface area contributed by atoms with Crippen LogP contribution in [0.5, 0.6) is 5.75 Å². The fourth-order valence-corrected chi connectivity index (χ4v) is 2.88. The Hall–Kier alpha value is -2.83. The number of carbonyl (C=O) groups excluding carboxylic acids is 1. The zero-order chi connectivity index (χ0) is 20.8. The molecule has 0 amide bonds. The van der Waals surface area contributed by atoms with Crippen LogP contribution in [0.15, 0.2) is 51.7 Å². The third-order valence-corrected chi connectivity index (χ3v) is 4.39. The summed E-state index contributed by atoms with van der Waals surface area (Å²) in [7, 11) is 0. The molecule has 0 radical (unpaired) electrons. The van der Waals surface area contributed by atoms with Crippen LogP contribution in [0.2, 0.25) is 5.02 Å². The number of hydrogen-bond donors (Lipinski definition) is 0. The van der Waals surface area contributed by atoms with Gasteiger partial charge in [-0.15, -0.1) is 0 Å². The van der Waals surface area contributed by atoms with E-state index in [1.54, 1.807) is 12.1 Å². The van der Waals surface area contributed by atoms with E-state index < -0.39 is 18.0 Å². The van der Waals surface area contributed by atoms with Crippen molar-refractivity contribution in [2.24, 2.45) is 0 Å². The highest BCUT2D eigenvalue weighted by atomic mass is 35.5. The lowest BCUT2D eigenvalue weighted by Crippen LogP contribution is -2.20. The number of benzene rings is 2.